The van der Waals surface area contributed by atoms with E-state index in [0.717, 1.165) is 43.0 Å². The molecular formula is C26H33FN2O3. The monoisotopic (exact) mass is 440 g/mol. The summed E-state index contributed by atoms with van der Waals surface area (Å²) in [5.41, 5.74) is 2.30. The highest BCUT2D eigenvalue weighted by atomic mass is 19.1. The van der Waals surface area contributed by atoms with E-state index in [4.69, 9.17) is 9.47 Å². The first-order chi connectivity index (χ1) is 15.6. The second kappa shape index (κ2) is 10.8. The lowest BCUT2D eigenvalue weighted by molar-refractivity contribution is -0.119. The van der Waals surface area contributed by atoms with Gasteiger partial charge in [-0.05, 0) is 67.6 Å². The first-order valence-electron chi connectivity index (χ1n) is 11.7. The number of benzene rings is 2. The van der Waals surface area contributed by atoms with Crippen LogP contribution in [0.3, 0.4) is 0 Å². The summed E-state index contributed by atoms with van der Waals surface area (Å²) in [6.07, 6.45) is 6.08. The average Bonchev–Trinajstić information content (AvgIpc) is 3.25. The van der Waals surface area contributed by atoms with Crippen molar-refractivity contribution in [3.8, 4) is 11.5 Å². The quantitative estimate of drug-likeness (QED) is 0.591. The summed E-state index contributed by atoms with van der Waals surface area (Å²) in [6, 6.07) is 13.4. The first-order valence-corrected chi connectivity index (χ1v) is 11.7. The van der Waals surface area contributed by atoms with Gasteiger partial charge in [0.2, 0.25) is 5.91 Å². The van der Waals surface area contributed by atoms with Crippen LogP contribution in [0.15, 0.2) is 42.5 Å². The summed E-state index contributed by atoms with van der Waals surface area (Å²) in [6.45, 7) is 3.37. The van der Waals surface area contributed by atoms with Crippen LogP contribution in [0.25, 0.3) is 0 Å². The summed E-state index contributed by atoms with van der Waals surface area (Å²) in [5.74, 6) is 1.58. The highest BCUT2D eigenvalue weighted by Crippen LogP contribution is 2.33. The number of nitrogens with one attached hydrogen (secondary N) is 1. The molecule has 0 radical (unpaired) electrons. The Kier molecular flexibility index (Phi) is 7.63. The first kappa shape index (κ1) is 22.6. The zero-order valence-electron chi connectivity index (χ0n) is 18.8. The Bertz CT molecular complexity index is 902. The summed E-state index contributed by atoms with van der Waals surface area (Å²) >= 11 is 0. The van der Waals surface area contributed by atoms with Crippen molar-refractivity contribution >= 4 is 5.91 Å². The maximum absolute atomic E-state index is 13.2. The number of halogens is 1. The van der Waals surface area contributed by atoms with Gasteiger partial charge in [0.1, 0.15) is 5.82 Å². The molecule has 2 aromatic carbocycles. The maximum atomic E-state index is 13.2. The Balaban J connectivity index is 1.30. The number of likely N-dealkylation sites (tertiary alicyclic amines) is 1. The van der Waals surface area contributed by atoms with Gasteiger partial charge in [-0.25, -0.2) is 4.39 Å². The molecule has 4 rings (SSSR count). The minimum Gasteiger partial charge on any atom is -0.493 e. The summed E-state index contributed by atoms with van der Waals surface area (Å²) in [4.78, 5) is 14.1. The largest absolute Gasteiger partial charge is 0.493 e. The SMILES string of the molecule is COc1ccc(C2CNC(=O)C2)cc1OCCCN1CCCCC1Cc1ccc(F)cc1. The van der Waals surface area contributed by atoms with E-state index in [2.05, 4.69) is 10.2 Å². The molecule has 0 bridgehead atoms. The van der Waals surface area contributed by atoms with Crippen molar-refractivity contribution in [2.75, 3.05) is 33.4 Å². The van der Waals surface area contributed by atoms with E-state index in [-0.39, 0.29) is 17.6 Å². The number of carbonyl (C=O) groups is 1. The van der Waals surface area contributed by atoms with E-state index in [1.165, 1.54) is 24.8 Å². The molecule has 1 N–H and O–H groups in total. The minimum atomic E-state index is -0.179. The van der Waals surface area contributed by atoms with Crippen LogP contribution < -0.4 is 14.8 Å². The van der Waals surface area contributed by atoms with Crippen molar-refractivity contribution in [2.24, 2.45) is 0 Å². The zero-order chi connectivity index (χ0) is 22.3. The number of rotatable bonds is 9. The van der Waals surface area contributed by atoms with Crippen LogP contribution in [0.5, 0.6) is 11.5 Å². The number of methoxy groups -OCH3 is 1. The van der Waals surface area contributed by atoms with Crippen LogP contribution in [0.4, 0.5) is 4.39 Å². The molecule has 172 valence electrons. The van der Waals surface area contributed by atoms with Gasteiger partial charge in [0.05, 0.1) is 13.7 Å². The van der Waals surface area contributed by atoms with E-state index in [1.54, 1.807) is 19.2 Å². The zero-order valence-corrected chi connectivity index (χ0v) is 18.8. The molecule has 2 aromatic rings. The van der Waals surface area contributed by atoms with Crippen LogP contribution in [0.2, 0.25) is 0 Å². The van der Waals surface area contributed by atoms with E-state index >= 15 is 0 Å². The van der Waals surface area contributed by atoms with Gasteiger partial charge in [-0.3, -0.25) is 9.69 Å². The van der Waals surface area contributed by atoms with Gasteiger partial charge in [-0.1, -0.05) is 24.6 Å². The average molecular weight is 441 g/mol. The fraction of sp³-hybridized carbons (Fsp3) is 0.500. The fourth-order valence-electron chi connectivity index (χ4n) is 4.83. The molecule has 2 unspecified atom stereocenters. The van der Waals surface area contributed by atoms with Crippen LogP contribution in [-0.4, -0.2) is 50.2 Å². The third-order valence-corrected chi connectivity index (χ3v) is 6.62. The van der Waals surface area contributed by atoms with Crippen molar-refractivity contribution < 1.29 is 18.7 Å². The maximum Gasteiger partial charge on any atom is 0.220 e. The third-order valence-electron chi connectivity index (χ3n) is 6.62. The van der Waals surface area contributed by atoms with E-state index in [1.807, 2.05) is 30.3 Å². The molecule has 2 aliphatic rings. The molecule has 2 saturated heterocycles. The van der Waals surface area contributed by atoms with Crippen molar-refractivity contribution in [3.63, 3.8) is 0 Å². The Morgan fingerprint density at radius 3 is 2.72 bits per heavy atom. The van der Waals surface area contributed by atoms with Gasteiger partial charge in [0, 0.05) is 31.5 Å². The van der Waals surface area contributed by atoms with Crippen molar-refractivity contribution in [3.05, 3.63) is 59.4 Å². The van der Waals surface area contributed by atoms with Gasteiger partial charge < -0.3 is 14.8 Å². The number of hydrogen-bond donors (Lipinski definition) is 1. The molecule has 0 spiro atoms. The summed E-state index contributed by atoms with van der Waals surface area (Å²) in [5, 5.41) is 2.89. The van der Waals surface area contributed by atoms with Crippen LogP contribution >= 0.6 is 0 Å². The molecule has 5 nitrogen and oxygen atoms in total. The molecule has 2 heterocycles. The molecule has 0 aromatic heterocycles. The molecule has 2 aliphatic heterocycles. The number of hydrogen-bond acceptors (Lipinski definition) is 4. The Morgan fingerprint density at radius 1 is 1.12 bits per heavy atom. The topological polar surface area (TPSA) is 50.8 Å². The lowest BCUT2D eigenvalue weighted by Crippen LogP contribution is -2.41. The van der Waals surface area contributed by atoms with Crippen LogP contribution in [0.1, 0.15) is 49.1 Å². The smallest absolute Gasteiger partial charge is 0.220 e. The molecule has 6 heteroatoms. The van der Waals surface area contributed by atoms with Gasteiger partial charge in [-0.2, -0.15) is 0 Å². The van der Waals surface area contributed by atoms with Crippen molar-refractivity contribution in [1.82, 2.24) is 10.2 Å². The van der Waals surface area contributed by atoms with E-state index in [0.29, 0.717) is 25.6 Å². The molecule has 1 amide bonds. The van der Waals surface area contributed by atoms with Gasteiger partial charge in [0.25, 0.3) is 0 Å². The second-order valence-corrected chi connectivity index (χ2v) is 8.83. The second-order valence-electron chi connectivity index (χ2n) is 8.83. The van der Waals surface area contributed by atoms with Crippen molar-refractivity contribution in [2.45, 2.75) is 50.5 Å². The number of nitrogens with zero attached hydrogens (tertiary/aromatic N) is 1. The summed E-state index contributed by atoms with van der Waals surface area (Å²) < 4.78 is 24.8. The standard InChI is InChI=1S/C26H33FN2O3/c1-31-24-11-8-20(21-17-26(30)28-18-21)16-25(24)32-14-4-13-29-12-3-2-5-23(29)15-19-6-9-22(27)10-7-19/h6-11,16,21,23H,2-5,12-15,17-18H2,1H3,(H,28,30). The number of carbonyl (C=O) groups excluding carboxylic acids is 1. The van der Waals surface area contributed by atoms with Crippen molar-refractivity contribution in [1.29, 1.82) is 0 Å². The Labute approximate surface area is 189 Å². The number of piperidine rings is 1. The molecule has 2 fully saturated rings. The number of amides is 1. The normalized spacial score (nSPS) is 21.4. The molecule has 2 atom stereocenters. The van der Waals surface area contributed by atoms with Crippen LogP contribution in [0, 0.1) is 5.82 Å². The lowest BCUT2D eigenvalue weighted by atomic mass is 9.95. The highest BCUT2D eigenvalue weighted by Gasteiger charge is 2.24. The van der Waals surface area contributed by atoms with Crippen LogP contribution in [-0.2, 0) is 11.2 Å². The Morgan fingerprint density at radius 2 is 1.97 bits per heavy atom. The summed E-state index contributed by atoms with van der Waals surface area (Å²) in [7, 11) is 1.65. The van der Waals surface area contributed by atoms with Gasteiger partial charge in [-0.15, -0.1) is 0 Å². The third kappa shape index (κ3) is 5.80. The molecule has 0 aliphatic carbocycles. The van der Waals surface area contributed by atoms with E-state index < -0.39 is 0 Å². The highest BCUT2D eigenvalue weighted by molar-refractivity contribution is 5.79. The fourth-order valence-corrected chi connectivity index (χ4v) is 4.83. The molecule has 0 saturated carbocycles. The number of ether oxygens (including phenoxy) is 2. The predicted molar refractivity (Wildman–Crippen MR) is 123 cm³/mol. The Hall–Kier alpha value is -2.60. The molecular weight excluding hydrogens is 407 g/mol. The van der Waals surface area contributed by atoms with Gasteiger partial charge in [0.15, 0.2) is 11.5 Å². The predicted octanol–water partition coefficient (Wildman–Crippen LogP) is 4.30. The molecule has 32 heavy (non-hydrogen) atoms. The van der Waals surface area contributed by atoms with E-state index in [9.17, 15) is 9.18 Å². The lowest BCUT2D eigenvalue weighted by Gasteiger charge is -2.36. The van der Waals surface area contributed by atoms with Gasteiger partial charge >= 0.3 is 0 Å². The minimum absolute atomic E-state index is 0.102.